The highest BCUT2D eigenvalue weighted by atomic mass is 35.5. The van der Waals surface area contributed by atoms with E-state index in [0.29, 0.717) is 11.0 Å². The van der Waals surface area contributed by atoms with Crippen LogP contribution in [0.25, 0.3) is 0 Å². The lowest BCUT2D eigenvalue weighted by Gasteiger charge is -2.08. The first kappa shape index (κ1) is 12.8. The number of nitrogens with one attached hydrogen (secondary N) is 2. The lowest BCUT2D eigenvalue weighted by Crippen LogP contribution is -2.08. The van der Waals surface area contributed by atoms with Gasteiger partial charge >= 0.3 is 5.97 Å². The average Bonchev–Trinajstić information content (AvgIpc) is 2.97. The summed E-state index contributed by atoms with van der Waals surface area (Å²) in [6, 6.07) is -0.125. The standard InChI is InChI=1S/C9H10ClN5O2S/c1-4(7-11-3-12-15-7)13-9-14-6(10)5(18-9)8(16)17-2/h3-4H,1-2H3,(H,13,14)(H,11,12,15). The summed E-state index contributed by atoms with van der Waals surface area (Å²) < 4.78 is 4.60. The molecule has 0 fully saturated rings. The van der Waals surface area contributed by atoms with E-state index in [0.717, 1.165) is 11.3 Å². The number of aromatic nitrogens is 4. The number of hydrogen-bond acceptors (Lipinski definition) is 7. The van der Waals surface area contributed by atoms with E-state index in [1.807, 2.05) is 6.92 Å². The van der Waals surface area contributed by atoms with Gasteiger partial charge in [0.2, 0.25) is 0 Å². The van der Waals surface area contributed by atoms with Crippen molar-refractivity contribution in [3.63, 3.8) is 0 Å². The largest absolute Gasteiger partial charge is 0.465 e. The Kier molecular flexibility index (Phi) is 3.78. The number of carbonyl (C=O) groups excluding carboxylic acids is 1. The molecule has 2 aromatic heterocycles. The van der Waals surface area contributed by atoms with Crippen molar-refractivity contribution in [2.75, 3.05) is 12.4 Å². The summed E-state index contributed by atoms with van der Waals surface area (Å²) in [5, 5.41) is 10.2. The van der Waals surface area contributed by atoms with E-state index in [4.69, 9.17) is 11.6 Å². The van der Waals surface area contributed by atoms with Crippen molar-refractivity contribution in [3.8, 4) is 0 Å². The number of aromatic amines is 1. The van der Waals surface area contributed by atoms with Crippen molar-refractivity contribution in [1.82, 2.24) is 20.2 Å². The Morgan fingerprint density at radius 2 is 2.44 bits per heavy atom. The van der Waals surface area contributed by atoms with Crippen LogP contribution in [0.3, 0.4) is 0 Å². The minimum atomic E-state index is -0.502. The van der Waals surface area contributed by atoms with Crippen molar-refractivity contribution in [3.05, 3.63) is 22.2 Å². The summed E-state index contributed by atoms with van der Waals surface area (Å²) in [4.78, 5) is 19.7. The summed E-state index contributed by atoms with van der Waals surface area (Å²) in [5.74, 6) is 0.166. The fourth-order valence-corrected chi connectivity index (χ4v) is 2.45. The molecule has 7 nitrogen and oxygen atoms in total. The molecule has 18 heavy (non-hydrogen) atoms. The third-order valence-corrected chi connectivity index (χ3v) is 3.49. The van der Waals surface area contributed by atoms with Gasteiger partial charge < -0.3 is 10.1 Å². The Bertz CT molecular complexity index is 541. The van der Waals surface area contributed by atoms with Crippen LogP contribution in [-0.2, 0) is 4.74 Å². The quantitative estimate of drug-likeness (QED) is 0.834. The molecular weight excluding hydrogens is 278 g/mol. The number of ether oxygens (including phenoxy) is 1. The predicted octanol–water partition coefficient (Wildman–Crippen LogP) is 1.87. The van der Waals surface area contributed by atoms with Gasteiger partial charge in [-0.2, -0.15) is 5.10 Å². The molecule has 0 saturated heterocycles. The van der Waals surface area contributed by atoms with Crippen LogP contribution in [0.1, 0.15) is 28.5 Å². The van der Waals surface area contributed by atoms with Gasteiger partial charge in [0.25, 0.3) is 0 Å². The maximum Gasteiger partial charge on any atom is 0.351 e. The molecule has 2 N–H and O–H groups in total. The van der Waals surface area contributed by atoms with Gasteiger partial charge in [-0.1, -0.05) is 22.9 Å². The Morgan fingerprint density at radius 3 is 3.06 bits per heavy atom. The van der Waals surface area contributed by atoms with E-state index in [1.165, 1.54) is 13.4 Å². The number of hydrogen-bond donors (Lipinski definition) is 2. The molecule has 0 amide bonds. The molecule has 0 aromatic carbocycles. The van der Waals surface area contributed by atoms with Gasteiger partial charge in [0.1, 0.15) is 12.2 Å². The van der Waals surface area contributed by atoms with Crippen molar-refractivity contribution >= 4 is 34.0 Å². The fourth-order valence-electron chi connectivity index (χ4n) is 1.26. The van der Waals surface area contributed by atoms with E-state index in [1.54, 1.807) is 0 Å². The van der Waals surface area contributed by atoms with Crippen LogP contribution in [0.2, 0.25) is 5.15 Å². The third-order valence-electron chi connectivity index (χ3n) is 2.14. The molecule has 9 heteroatoms. The summed E-state index contributed by atoms with van der Waals surface area (Å²) in [6.07, 6.45) is 1.42. The molecule has 1 unspecified atom stereocenters. The molecule has 0 aliphatic heterocycles. The van der Waals surface area contributed by atoms with Crippen LogP contribution >= 0.6 is 22.9 Å². The highest BCUT2D eigenvalue weighted by Gasteiger charge is 2.19. The number of esters is 1. The Morgan fingerprint density at radius 1 is 1.67 bits per heavy atom. The third kappa shape index (κ3) is 2.59. The maximum absolute atomic E-state index is 11.4. The van der Waals surface area contributed by atoms with E-state index in [2.05, 4.69) is 30.2 Å². The van der Waals surface area contributed by atoms with Gasteiger partial charge in [0.15, 0.2) is 15.2 Å². The summed E-state index contributed by atoms with van der Waals surface area (Å²) in [5.41, 5.74) is 0. The van der Waals surface area contributed by atoms with Crippen molar-refractivity contribution in [2.45, 2.75) is 13.0 Å². The van der Waals surface area contributed by atoms with Crippen LogP contribution in [0.5, 0.6) is 0 Å². The molecule has 0 bridgehead atoms. The number of nitrogens with zero attached hydrogens (tertiary/aromatic N) is 3. The minimum Gasteiger partial charge on any atom is -0.465 e. The van der Waals surface area contributed by atoms with Crippen LogP contribution in [0, 0.1) is 0 Å². The zero-order chi connectivity index (χ0) is 13.1. The summed E-state index contributed by atoms with van der Waals surface area (Å²) in [7, 11) is 1.29. The highest BCUT2D eigenvalue weighted by molar-refractivity contribution is 7.18. The number of anilines is 1. The molecule has 0 spiro atoms. The van der Waals surface area contributed by atoms with Gasteiger partial charge in [-0.15, -0.1) is 0 Å². The zero-order valence-corrected chi connectivity index (χ0v) is 11.2. The number of H-pyrrole nitrogens is 1. The van der Waals surface area contributed by atoms with E-state index >= 15 is 0 Å². The SMILES string of the molecule is COC(=O)c1sc(NC(C)c2ncn[nH]2)nc1Cl. The monoisotopic (exact) mass is 287 g/mol. The van der Waals surface area contributed by atoms with Crippen LogP contribution < -0.4 is 5.32 Å². The van der Waals surface area contributed by atoms with Crippen LogP contribution in [0.4, 0.5) is 5.13 Å². The molecule has 0 radical (unpaired) electrons. The minimum absolute atomic E-state index is 0.124. The predicted molar refractivity (Wildman–Crippen MR) is 66.9 cm³/mol. The number of rotatable bonds is 4. The molecular formula is C9H10ClN5O2S. The van der Waals surface area contributed by atoms with Gasteiger partial charge in [0.05, 0.1) is 13.2 Å². The number of methoxy groups -OCH3 is 1. The molecule has 2 aromatic rings. The van der Waals surface area contributed by atoms with Crippen molar-refractivity contribution < 1.29 is 9.53 Å². The Labute approximate surface area is 112 Å². The zero-order valence-electron chi connectivity index (χ0n) is 9.60. The molecule has 2 rings (SSSR count). The fraction of sp³-hybridized carbons (Fsp3) is 0.333. The van der Waals surface area contributed by atoms with Gasteiger partial charge in [-0.25, -0.2) is 14.8 Å². The van der Waals surface area contributed by atoms with Crippen molar-refractivity contribution in [2.24, 2.45) is 0 Å². The lowest BCUT2D eigenvalue weighted by molar-refractivity contribution is 0.0606. The van der Waals surface area contributed by atoms with Crippen molar-refractivity contribution in [1.29, 1.82) is 0 Å². The van der Waals surface area contributed by atoms with Gasteiger partial charge in [-0.05, 0) is 6.92 Å². The first-order chi connectivity index (χ1) is 8.61. The summed E-state index contributed by atoms with van der Waals surface area (Å²) >= 11 is 6.98. The van der Waals surface area contributed by atoms with Crippen LogP contribution in [0.15, 0.2) is 6.33 Å². The first-order valence-electron chi connectivity index (χ1n) is 4.98. The van der Waals surface area contributed by atoms with E-state index < -0.39 is 5.97 Å². The Balaban J connectivity index is 2.13. The first-order valence-corrected chi connectivity index (χ1v) is 6.17. The normalized spacial score (nSPS) is 12.2. The maximum atomic E-state index is 11.4. The second-order valence-electron chi connectivity index (χ2n) is 3.37. The molecule has 2 heterocycles. The Hall–Kier alpha value is -1.67. The topological polar surface area (TPSA) is 92.8 Å². The second kappa shape index (κ2) is 5.32. The molecule has 0 aliphatic rings. The molecule has 0 saturated carbocycles. The number of carbonyl (C=O) groups is 1. The van der Waals surface area contributed by atoms with Crippen LogP contribution in [-0.4, -0.2) is 33.2 Å². The number of thiazole rings is 1. The van der Waals surface area contributed by atoms with E-state index in [-0.39, 0.29) is 16.1 Å². The highest BCUT2D eigenvalue weighted by Crippen LogP contribution is 2.29. The second-order valence-corrected chi connectivity index (χ2v) is 4.72. The average molecular weight is 288 g/mol. The van der Waals surface area contributed by atoms with Gasteiger partial charge in [-0.3, -0.25) is 5.10 Å². The van der Waals surface area contributed by atoms with E-state index in [9.17, 15) is 4.79 Å². The van der Waals surface area contributed by atoms with Gasteiger partial charge in [0, 0.05) is 0 Å². The molecule has 0 aliphatic carbocycles. The lowest BCUT2D eigenvalue weighted by atomic mass is 10.3. The molecule has 96 valence electrons. The smallest absolute Gasteiger partial charge is 0.351 e. The molecule has 1 atom stereocenters. The number of halogens is 1. The summed E-state index contributed by atoms with van der Waals surface area (Å²) in [6.45, 7) is 1.88.